The molecule has 160 valence electrons. The van der Waals surface area contributed by atoms with E-state index in [9.17, 15) is 13.2 Å². The third-order valence-corrected chi connectivity index (χ3v) is 7.12. The molecule has 6 heteroatoms. The van der Waals surface area contributed by atoms with Gasteiger partial charge in [-0.1, -0.05) is 30.3 Å². The molecule has 3 aromatic carbocycles. The lowest BCUT2D eigenvalue weighted by Crippen LogP contribution is -2.18. The molecule has 5 nitrogen and oxygen atoms in total. The van der Waals surface area contributed by atoms with Crippen LogP contribution in [0.15, 0.2) is 71.6 Å². The minimum atomic E-state index is -3.52. The zero-order valence-corrected chi connectivity index (χ0v) is 18.2. The summed E-state index contributed by atoms with van der Waals surface area (Å²) in [7, 11) is -3.52. The maximum absolute atomic E-state index is 12.7. The van der Waals surface area contributed by atoms with E-state index >= 15 is 0 Å². The predicted octanol–water partition coefficient (Wildman–Crippen LogP) is 5.08. The molecular formula is C25H25NO4S. The first-order chi connectivity index (χ1) is 14.9. The molecule has 4 rings (SSSR count). The van der Waals surface area contributed by atoms with Crippen LogP contribution in [0.1, 0.15) is 29.5 Å². The van der Waals surface area contributed by atoms with Crippen molar-refractivity contribution in [2.45, 2.75) is 37.5 Å². The van der Waals surface area contributed by atoms with Gasteiger partial charge in [0.15, 0.2) is 15.6 Å². The smallest absolute Gasteiger partial charge is 0.225 e. The van der Waals surface area contributed by atoms with Gasteiger partial charge in [0.1, 0.15) is 5.75 Å². The first kappa shape index (κ1) is 21.1. The van der Waals surface area contributed by atoms with Crippen LogP contribution in [0.4, 0.5) is 5.69 Å². The monoisotopic (exact) mass is 435 g/mol. The number of aryl methyl sites for hydroxylation is 3. The lowest BCUT2D eigenvalue weighted by Gasteiger charge is -2.13. The number of para-hydroxylation sites is 2. The zero-order valence-electron chi connectivity index (χ0n) is 17.4. The van der Waals surface area contributed by atoms with Crippen molar-refractivity contribution >= 4 is 21.4 Å². The second kappa shape index (κ2) is 8.94. The Morgan fingerprint density at radius 3 is 2.61 bits per heavy atom. The van der Waals surface area contributed by atoms with Crippen LogP contribution >= 0.6 is 0 Å². The number of rotatable bonds is 7. The predicted molar refractivity (Wildman–Crippen MR) is 121 cm³/mol. The summed E-state index contributed by atoms with van der Waals surface area (Å²) in [5.41, 5.74) is 3.90. The summed E-state index contributed by atoms with van der Waals surface area (Å²) in [6.45, 7) is 1.97. The Hall–Kier alpha value is -3.12. The van der Waals surface area contributed by atoms with Crippen LogP contribution in [-0.4, -0.2) is 20.1 Å². The number of benzene rings is 3. The first-order valence-corrected chi connectivity index (χ1v) is 12.0. The highest BCUT2D eigenvalue weighted by Gasteiger charge is 2.20. The fourth-order valence-electron chi connectivity index (χ4n) is 3.76. The normalized spacial score (nSPS) is 12.9. The van der Waals surface area contributed by atoms with Gasteiger partial charge in [0.05, 0.1) is 16.3 Å². The SMILES string of the molecule is Cc1cccc(Oc2ccccc2NC(=O)CCS(=O)(=O)c2ccc3c(c2)CCC3)c1. The van der Waals surface area contributed by atoms with Gasteiger partial charge in [0.2, 0.25) is 5.91 Å². The van der Waals surface area contributed by atoms with Crippen LogP contribution in [0.3, 0.4) is 0 Å². The molecule has 0 aromatic heterocycles. The van der Waals surface area contributed by atoms with Crippen LogP contribution in [-0.2, 0) is 27.5 Å². The first-order valence-electron chi connectivity index (χ1n) is 10.4. The zero-order chi connectivity index (χ0) is 21.8. The topological polar surface area (TPSA) is 72.5 Å². The van der Waals surface area contributed by atoms with Gasteiger partial charge in [-0.15, -0.1) is 0 Å². The van der Waals surface area contributed by atoms with Crippen molar-refractivity contribution in [3.05, 3.63) is 83.4 Å². The molecule has 0 aliphatic heterocycles. The van der Waals surface area contributed by atoms with E-state index < -0.39 is 9.84 Å². The van der Waals surface area contributed by atoms with Gasteiger partial charge < -0.3 is 10.1 Å². The number of ether oxygens (including phenoxy) is 1. The van der Waals surface area contributed by atoms with Crippen molar-refractivity contribution in [3.8, 4) is 11.5 Å². The summed E-state index contributed by atoms with van der Waals surface area (Å²) in [6.07, 6.45) is 2.85. The summed E-state index contributed by atoms with van der Waals surface area (Å²) in [4.78, 5) is 12.8. The van der Waals surface area contributed by atoms with E-state index in [1.54, 1.807) is 30.3 Å². The van der Waals surface area contributed by atoms with Crippen LogP contribution < -0.4 is 10.1 Å². The fourth-order valence-corrected chi connectivity index (χ4v) is 5.05. The summed E-state index contributed by atoms with van der Waals surface area (Å²) >= 11 is 0. The van der Waals surface area contributed by atoms with Crippen molar-refractivity contribution in [2.75, 3.05) is 11.1 Å². The Bertz CT molecular complexity index is 1220. The van der Waals surface area contributed by atoms with Gasteiger partial charge in [0.25, 0.3) is 0 Å². The van der Waals surface area contributed by atoms with E-state index in [-0.39, 0.29) is 18.1 Å². The van der Waals surface area contributed by atoms with E-state index in [4.69, 9.17) is 4.74 Å². The number of fused-ring (bicyclic) bond motifs is 1. The van der Waals surface area contributed by atoms with Crippen LogP contribution in [0.5, 0.6) is 11.5 Å². The average molecular weight is 436 g/mol. The number of nitrogens with one attached hydrogen (secondary N) is 1. The molecule has 3 aromatic rings. The second-order valence-corrected chi connectivity index (χ2v) is 9.92. The minimum absolute atomic E-state index is 0.127. The number of hydrogen-bond acceptors (Lipinski definition) is 4. The van der Waals surface area contributed by atoms with E-state index in [0.717, 1.165) is 30.4 Å². The van der Waals surface area contributed by atoms with Crippen molar-refractivity contribution in [1.82, 2.24) is 0 Å². The summed E-state index contributed by atoms with van der Waals surface area (Å²) in [5, 5.41) is 2.78. The highest BCUT2D eigenvalue weighted by atomic mass is 32.2. The average Bonchev–Trinajstić information content (AvgIpc) is 3.22. The van der Waals surface area contributed by atoms with Gasteiger partial charge in [-0.05, 0) is 79.3 Å². The number of carbonyl (C=O) groups excluding carboxylic acids is 1. The van der Waals surface area contributed by atoms with Gasteiger partial charge in [0, 0.05) is 6.42 Å². The Labute approximate surface area is 183 Å². The number of amides is 1. The van der Waals surface area contributed by atoms with Crippen LogP contribution in [0.25, 0.3) is 0 Å². The number of hydrogen-bond donors (Lipinski definition) is 1. The maximum atomic E-state index is 12.7. The van der Waals surface area contributed by atoms with Gasteiger partial charge in [-0.25, -0.2) is 8.42 Å². The molecule has 1 aliphatic rings. The molecule has 0 saturated carbocycles. The van der Waals surface area contributed by atoms with Crippen molar-refractivity contribution in [2.24, 2.45) is 0 Å². The molecule has 31 heavy (non-hydrogen) atoms. The standard InChI is InChI=1S/C25H25NO4S/c1-18-6-4-9-21(16-18)30-24-11-3-2-10-23(24)26-25(27)14-15-31(28,29)22-13-12-19-7-5-8-20(19)17-22/h2-4,6,9-13,16-17H,5,7-8,14-15H2,1H3,(H,26,27). The molecule has 1 amide bonds. The lowest BCUT2D eigenvalue weighted by atomic mass is 10.1. The third kappa shape index (κ3) is 5.14. The van der Waals surface area contributed by atoms with E-state index in [0.29, 0.717) is 22.1 Å². The molecule has 0 heterocycles. The van der Waals surface area contributed by atoms with Crippen LogP contribution in [0, 0.1) is 6.92 Å². The second-order valence-electron chi connectivity index (χ2n) is 7.82. The highest BCUT2D eigenvalue weighted by Crippen LogP contribution is 2.30. The molecule has 0 unspecified atom stereocenters. The molecule has 0 fully saturated rings. The van der Waals surface area contributed by atoms with E-state index in [2.05, 4.69) is 5.32 Å². The summed E-state index contributed by atoms with van der Waals surface area (Å²) in [6, 6.07) is 20.0. The van der Waals surface area contributed by atoms with E-state index in [1.165, 1.54) is 5.56 Å². The van der Waals surface area contributed by atoms with Gasteiger partial charge in [-0.2, -0.15) is 0 Å². The molecule has 1 N–H and O–H groups in total. The number of anilines is 1. The van der Waals surface area contributed by atoms with Crippen molar-refractivity contribution < 1.29 is 17.9 Å². The van der Waals surface area contributed by atoms with Crippen LogP contribution in [0.2, 0.25) is 0 Å². The molecular weight excluding hydrogens is 410 g/mol. The highest BCUT2D eigenvalue weighted by molar-refractivity contribution is 7.91. The lowest BCUT2D eigenvalue weighted by molar-refractivity contribution is -0.115. The Morgan fingerprint density at radius 1 is 0.968 bits per heavy atom. The molecule has 0 bridgehead atoms. The summed E-state index contributed by atoms with van der Waals surface area (Å²) in [5.74, 6) is 0.562. The van der Waals surface area contributed by atoms with Crippen molar-refractivity contribution in [1.29, 1.82) is 0 Å². The molecule has 0 radical (unpaired) electrons. The Balaban J connectivity index is 1.41. The third-order valence-electron chi connectivity index (χ3n) is 5.41. The molecule has 0 spiro atoms. The quantitative estimate of drug-likeness (QED) is 0.562. The van der Waals surface area contributed by atoms with E-state index in [1.807, 2.05) is 43.3 Å². The minimum Gasteiger partial charge on any atom is -0.455 e. The van der Waals surface area contributed by atoms with Gasteiger partial charge in [-0.3, -0.25) is 4.79 Å². The Kier molecular flexibility index (Phi) is 6.09. The Morgan fingerprint density at radius 2 is 1.77 bits per heavy atom. The number of carbonyl (C=O) groups is 1. The number of sulfone groups is 1. The fraction of sp³-hybridized carbons (Fsp3) is 0.240. The molecule has 1 aliphatic carbocycles. The maximum Gasteiger partial charge on any atom is 0.225 e. The largest absolute Gasteiger partial charge is 0.455 e. The van der Waals surface area contributed by atoms with Gasteiger partial charge >= 0.3 is 0 Å². The summed E-state index contributed by atoms with van der Waals surface area (Å²) < 4.78 is 31.4. The molecule has 0 atom stereocenters. The molecule has 0 saturated heterocycles. The van der Waals surface area contributed by atoms with Crippen molar-refractivity contribution in [3.63, 3.8) is 0 Å².